The lowest BCUT2D eigenvalue weighted by molar-refractivity contribution is -0.385. The normalized spacial score (nSPS) is 15.3. The van der Waals surface area contributed by atoms with Crippen molar-refractivity contribution in [2.75, 3.05) is 24.4 Å². The van der Waals surface area contributed by atoms with Crippen molar-refractivity contribution in [1.29, 1.82) is 0 Å². The summed E-state index contributed by atoms with van der Waals surface area (Å²) in [5.41, 5.74) is 0.813. The van der Waals surface area contributed by atoms with Gasteiger partial charge in [0, 0.05) is 42.0 Å². The van der Waals surface area contributed by atoms with Gasteiger partial charge < -0.3 is 10.2 Å². The van der Waals surface area contributed by atoms with E-state index in [0.29, 0.717) is 11.1 Å². The number of amides is 1. The highest BCUT2D eigenvalue weighted by Gasteiger charge is 2.22. The SMILES string of the molecule is CCCN1CCC(NC(=O)c2ccc(NS(=O)(=O)c3ccc(C)c([N+](=O)[O-])c3)cc2)CC1. The lowest BCUT2D eigenvalue weighted by Gasteiger charge is -2.32. The average molecular weight is 461 g/mol. The summed E-state index contributed by atoms with van der Waals surface area (Å²) >= 11 is 0. The molecule has 2 aromatic rings. The summed E-state index contributed by atoms with van der Waals surface area (Å²) in [6, 6.07) is 9.98. The van der Waals surface area contributed by atoms with E-state index in [-0.39, 0.29) is 28.2 Å². The molecule has 172 valence electrons. The van der Waals surface area contributed by atoms with E-state index in [1.807, 2.05) is 0 Å². The van der Waals surface area contributed by atoms with Crippen LogP contribution in [0.1, 0.15) is 42.1 Å². The van der Waals surface area contributed by atoms with Crippen LogP contribution in [-0.2, 0) is 10.0 Å². The summed E-state index contributed by atoms with van der Waals surface area (Å²) in [5, 5.41) is 14.1. The molecular formula is C22H28N4O5S. The topological polar surface area (TPSA) is 122 Å². The smallest absolute Gasteiger partial charge is 0.273 e. The van der Waals surface area contributed by atoms with Crippen LogP contribution in [0.15, 0.2) is 47.4 Å². The van der Waals surface area contributed by atoms with Crippen LogP contribution in [0.2, 0.25) is 0 Å². The maximum atomic E-state index is 12.6. The Kier molecular flexibility index (Phi) is 7.47. The van der Waals surface area contributed by atoms with E-state index in [0.717, 1.165) is 45.0 Å². The first-order valence-corrected chi connectivity index (χ1v) is 12.1. The van der Waals surface area contributed by atoms with Gasteiger partial charge >= 0.3 is 0 Å². The van der Waals surface area contributed by atoms with Gasteiger partial charge in [0.05, 0.1) is 9.82 Å². The molecule has 1 aliphatic heterocycles. The van der Waals surface area contributed by atoms with E-state index in [4.69, 9.17) is 0 Å². The van der Waals surface area contributed by atoms with Crippen LogP contribution in [0.3, 0.4) is 0 Å². The van der Waals surface area contributed by atoms with Gasteiger partial charge in [-0.2, -0.15) is 0 Å². The van der Waals surface area contributed by atoms with Gasteiger partial charge in [0.25, 0.3) is 21.6 Å². The summed E-state index contributed by atoms with van der Waals surface area (Å²) in [5.74, 6) is -0.192. The number of anilines is 1. The zero-order valence-corrected chi connectivity index (χ0v) is 19.0. The van der Waals surface area contributed by atoms with Crippen LogP contribution in [0.4, 0.5) is 11.4 Å². The number of piperidine rings is 1. The monoisotopic (exact) mass is 460 g/mol. The van der Waals surface area contributed by atoms with Gasteiger partial charge in [0.1, 0.15) is 0 Å². The molecule has 0 atom stereocenters. The van der Waals surface area contributed by atoms with Crippen molar-refractivity contribution in [3.8, 4) is 0 Å². The zero-order valence-electron chi connectivity index (χ0n) is 18.2. The molecule has 3 rings (SSSR count). The predicted molar refractivity (Wildman–Crippen MR) is 122 cm³/mol. The van der Waals surface area contributed by atoms with Crippen molar-refractivity contribution in [2.24, 2.45) is 0 Å². The van der Waals surface area contributed by atoms with Gasteiger partial charge in [0.2, 0.25) is 0 Å². The van der Waals surface area contributed by atoms with E-state index >= 15 is 0 Å². The van der Waals surface area contributed by atoms with Crippen LogP contribution in [0.5, 0.6) is 0 Å². The van der Waals surface area contributed by atoms with E-state index in [1.165, 1.54) is 24.3 Å². The number of benzene rings is 2. The van der Waals surface area contributed by atoms with Crippen LogP contribution in [0.25, 0.3) is 0 Å². The number of hydrogen-bond acceptors (Lipinski definition) is 6. The van der Waals surface area contributed by atoms with Gasteiger partial charge in [-0.3, -0.25) is 19.6 Å². The van der Waals surface area contributed by atoms with Crippen LogP contribution in [-0.4, -0.2) is 49.8 Å². The maximum Gasteiger partial charge on any atom is 0.273 e. The molecule has 0 radical (unpaired) electrons. The van der Waals surface area contributed by atoms with E-state index in [1.54, 1.807) is 19.1 Å². The number of carbonyl (C=O) groups is 1. The summed E-state index contributed by atoms with van der Waals surface area (Å²) in [6.07, 6.45) is 2.94. The minimum atomic E-state index is -4.01. The Labute approximate surface area is 188 Å². The van der Waals surface area contributed by atoms with Crippen molar-refractivity contribution in [2.45, 2.75) is 44.0 Å². The number of nitro benzene ring substituents is 1. The first-order chi connectivity index (χ1) is 15.2. The number of sulfonamides is 1. The van der Waals surface area contributed by atoms with Crippen molar-refractivity contribution < 1.29 is 18.1 Å². The van der Waals surface area contributed by atoms with Crippen molar-refractivity contribution in [1.82, 2.24) is 10.2 Å². The van der Waals surface area contributed by atoms with Gasteiger partial charge in [-0.15, -0.1) is 0 Å². The van der Waals surface area contributed by atoms with Crippen LogP contribution < -0.4 is 10.0 Å². The lowest BCUT2D eigenvalue weighted by Crippen LogP contribution is -2.44. The molecule has 0 unspecified atom stereocenters. The van der Waals surface area contributed by atoms with Crippen LogP contribution in [0, 0.1) is 17.0 Å². The quantitative estimate of drug-likeness (QED) is 0.460. The van der Waals surface area contributed by atoms with Gasteiger partial charge in [-0.25, -0.2) is 8.42 Å². The molecule has 1 fully saturated rings. The lowest BCUT2D eigenvalue weighted by atomic mass is 10.0. The molecule has 0 saturated carbocycles. The Morgan fingerprint density at radius 1 is 1.16 bits per heavy atom. The molecule has 0 aliphatic carbocycles. The van der Waals surface area contributed by atoms with Crippen molar-refractivity contribution >= 4 is 27.3 Å². The summed E-state index contributed by atoms with van der Waals surface area (Å²) in [6.45, 7) is 6.71. The molecule has 0 aromatic heterocycles. The Balaban J connectivity index is 1.62. The van der Waals surface area contributed by atoms with E-state index in [9.17, 15) is 23.3 Å². The molecule has 2 N–H and O–H groups in total. The number of likely N-dealkylation sites (tertiary alicyclic amines) is 1. The number of rotatable bonds is 8. The third-order valence-corrected chi connectivity index (χ3v) is 6.93. The predicted octanol–water partition coefficient (Wildman–Crippen LogP) is 3.31. The number of nitro groups is 1. The number of hydrogen-bond donors (Lipinski definition) is 2. The Morgan fingerprint density at radius 2 is 1.81 bits per heavy atom. The van der Waals surface area contributed by atoms with Crippen molar-refractivity contribution in [3.63, 3.8) is 0 Å². The summed E-state index contributed by atoms with van der Waals surface area (Å²) in [7, 11) is -4.01. The largest absolute Gasteiger partial charge is 0.349 e. The maximum absolute atomic E-state index is 12.6. The first-order valence-electron chi connectivity index (χ1n) is 10.6. The highest BCUT2D eigenvalue weighted by atomic mass is 32.2. The highest BCUT2D eigenvalue weighted by molar-refractivity contribution is 7.92. The second kappa shape index (κ2) is 10.1. The number of nitrogens with zero attached hydrogens (tertiary/aromatic N) is 2. The molecule has 9 nitrogen and oxygen atoms in total. The summed E-state index contributed by atoms with van der Waals surface area (Å²) < 4.78 is 27.6. The fraction of sp³-hybridized carbons (Fsp3) is 0.409. The molecule has 10 heteroatoms. The molecule has 1 amide bonds. The fourth-order valence-corrected chi connectivity index (χ4v) is 4.82. The molecule has 32 heavy (non-hydrogen) atoms. The van der Waals surface area contributed by atoms with Crippen LogP contribution >= 0.6 is 0 Å². The minimum Gasteiger partial charge on any atom is -0.349 e. The molecule has 0 bridgehead atoms. The van der Waals surface area contributed by atoms with Gasteiger partial charge in [0.15, 0.2) is 0 Å². The second-order valence-corrected chi connectivity index (χ2v) is 9.66. The third kappa shape index (κ3) is 5.83. The highest BCUT2D eigenvalue weighted by Crippen LogP contribution is 2.24. The Bertz CT molecular complexity index is 1080. The molecule has 1 heterocycles. The van der Waals surface area contributed by atoms with Gasteiger partial charge in [-0.05, 0) is 63.1 Å². The van der Waals surface area contributed by atoms with E-state index < -0.39 is 14.9 Å². The fourth-order valence-electron chi connectivity index (χ4n) is 3.74. The first kappa shape index (κ1) is 23.7. The number of nitrogens with one attached hydrogen (secondary N) is 2. The van der Waals surface area contributed by atoms with E-state index in [2.05, 4.69) is 21.9 Å². The molecule has 2 aromatic carbocycles. The second-order valence-electron chi connectivity index (χ2n) is 7.98. The molecular weight excluding hydrogens is 432 g/mol. The number of aryl methyl sites for hydroxylation is 1. The Morgan fingerprint density at radius 3 is 2.41 bits per heavy atom. The Hall–Kier alpha value is -2.98. The summed E-state index contributed by atoms with van der Waals surface area (Å²) in [4.78, 5) is 25.2. The average Bonchev–Trinajstić information content (AvgIpc) is 2.75. The molecule has 0 spiro atoms. The standard InChI is InChI=1S/C22H28N4O5S/c1-3-12-25-13-10-18(11-14-25)23-22(27)17-5-7-19(8-6-17)24-32(30,31)20-9-4-16(2)21(15-20)26(28)29/h4-9,15,18,24H,3,10-14H2,1-2H3,(H,23,27). The zero-order chi connectivity index (χ0) is 23.3. The van der Waals surface area contributed by atoms with Crippen molar-refractivity contribution in [3.05, 3.63) is 63.7 Å². The number of carbonyl (C=O) groups excluding carboxylic acids is 1. The molecule has 1 aliphatic rings. The minimum absolute atomic E-state index is 0.131. The third-order valence-electron chi connectivity index (χ3n) is 5.55. The van der Waals surface area contributed by atoms with Gasteiger partial charge in [-0.1, -0.05) is 13.0 Å². The molecule has 1 saturated heterocycles.